The molecule has 0 saturated carbocycles. The Morgan fingerprint density at radius 1 is 1.00 bits per heavy atom. The molecule has 0 fully saturated rings. The fourth-order valence-corrected chi connectivity index (χ4v) is 4.28. The van der Waals surface area contributed by atoms with Crippen molar-refractivity contribution in [1.29, 1.82) is 5.26 Å². The van der Waals surface area contributed by atoms with Crippen LogP contribution in [0.25, 0.3) is 0 Å². The van der Waals surface area contributed by atoms with E-state index in [4.69, 9.17) is 29.4 Å². The molecule has 1 atom stereocenters. The maximum Gasteiger partial charge on any atom is 0.349 e. The van der Waals surface area contributed by atoms with Gasteiger partial charge in [0.2, 0.25) is 5.88 Å². The number of nitriles is 1. The smallest absolute Gasteiger partial charge is 0.349 e. The summed E-state index contributed by atoms with van der Waals surface area (Å²) in [5, 5.41) is 9.95. The number of hydrogen-bond donors (Lipinski definition) is 1. The van der Waals surface area contributed by atoms with E-state index in [9.17, 15) is 10.1 Å². The molecule has 0 amide bonds. The van der Waals surface area contributed by atoms with Gasteiger partial charge in [0.05, 0.1) is 19.1 Å². The van der Waals surface area contributed by atoms with Gasteiger partial charge in [0, 0.05) is 11.6 Å². The Labute approximate surface area is 234 Å². The number of allylic oxidation sites excluding steroid dienone is 1. The van der Waals surface area contributed by atoms with E-state index in [0.29, 0.717) is 47.7 Å². The van der Waals surface area contributed by atoms with Crippen LogP contribution in [0.15, 0.2) is 72.1 Å². The molecule has 3 aromatic carbocycles. The molecule has 208 valence electrons. The number of esters is 1. The van der Waals surface area contributed by atoms with Gasteiger partial charge in [-0.3, -0.25) is 0 Å². The Bertz CT molecular complexity index is 1420. The summed E-state index contributed by atoms with van der Waals surface area (Å²) in [6.07, 6.45) is 0.920. The number of carbonyl (C=O) groups is 1. The van der Waals surface area contributed by atoms with E-state index in [2.05, 4.69) is 19.9 Å². The zero-order valence-corrected chi connectivity index (χ0v) is 23.2. The molecule has 1 unspecified atom stereocenters. The minimum atomic E-state index is -0.566. The Morgan fingerprint density at radius 3 is 2.45 bits per heavy atom. The highest BCUT2D eigenvalue weighted by molar-refractivity contribution is 5.74. The van der Waals surface area contributed by atoms with Gasteiger partial charge >= 0.3 is 5.97 Å². The third-order valence-corrected chi connectivity index (χ3v) is 6.35. The summed E-state index contributed by atoms with van der Waals surface area (Å²) in [4.78, 5) is 12.4. The number of carbonyl (C=O) groups excluding carboxylic acids is 1. The average molecular weight is 543 g/mol. The highest BCUT2D eigenvalue weighted by atomic mass is 16.6. The van der Waals surface area contributed by atoms with Crippen molar-refractivity contribution < 1.29 is 28.5 Å². The molecule has 8 nitrogen and oxygen atoms in total. The molecule has 0 saturated heterocycles. The molecule has 1 aliphatic heterocycles. The molecule has 1 aliphatic rings. The average Bonchev–Trinajstić information content (AvgIpc) is 2.92. The summed E-state index contributed by atoms with van der Waals surface area (Å²) in [6.45, 7) is 8.94. The molecule has 0 spiro atoms. The van der Waals surface area contributed by atoms with Gasteiger partial charge in [0.15, 0.2) is 18.1 Å². The van der Waals surface area contributed by atoms with Crippen molar-refractivity contribution in [3.05, 3.63) is 88.8 Å². The molecule has 0 radical (unpaired) electrons. The van der Waals surface area contributed by atoms with E-state index in [1.165, 1.54) is 0 Å². The third-order valence-electron chi connectivity index (χ3n) is 6.35. The predicted molar refractivity (Wildman–Crippen MR) is 151 cm³/mol. The Morgan fingerprint density at radius 2 is 1.75 bits per heavy atom. The van der Waals surface area contributed by atoms with E-state index >= 15 is 0 Å². The fourth-order valence-electron chi connectivity index (χ4n) is 4.28. The molecule has 1 heterocycles. The number of aryl methyl sites for hydroxylation is 1. The molecular weight excluding hydrogens is 508 g/mol. The lowest BCUT2D eigenvalue weighted by Gasteiger charge is -2.27. The second kappa shape index (κ2) is 12.9. The number of fused-ring (bicyclic) bond motifs is 1. The van der Waals surface area contributed by atoms with E-state index in [1.807, 2.05) is 44.2 Å². The van der Waals surface area contributed by atoms with Crippen LogP contribution in [0.3, 0.4) is 0 Å². The van der Waals surface area contributed by atoms with Crippen LogP contribution in [-0.2, 0) is 4.79 Å². The zero-order chi connectivity index (χ0) is 28.6. The van der Waals surface area contributed by atoms with Gasteiger partial charge in [-0.15, -0.1) is 0 Å². The molecule has 0 bridgehead atoms. The van der Waals surface area contributed by atoms with Crippen LogP contribution in [0.2, 0.25) is 0 Å². The summed E-state index contributed by atoms with van der Waals surface area (Å²) in [5.41, 5.74) is 9.05. The number of nitrogens with zero attached hydrogens (tertiary/aromatic N) is 1. The van der Waals surface area contributed by atoms with Gasteiger partial charge in [-0.25, -0.2) is 4.79 Å². The number of hydrogen-bond acceptors (Lipinski definition) is 8. The van der Waals surface area contributed by atoms with Crippen LogP contribution in [0, 0.1) is 24.2 Å². The van der Waals surface area contributed by atoms with Crippen molar-refractivity contribution in [2.24, 2.45) is 11.7 Å². The molecule has 8 heteroatoms. The standard InChI is InChI=1S/C32H34N2O6/c1-5-36-29-16-22(8-13-27(29)37-15-14-20(2)3)31-25-12-11-24(17-28(25)40-32(34)26(31)18-33)39-30(35)19-38-23-9-6-21(4)7-10-23/h6-13,16-17,20,31H,5,14-15,19,34H2,1-4H3. The largest absolute Gasteiger partial charge is 0.490 e. The Hall–Kier alpha value is -4.64. The van der Waals surface area contributed by atoms with Crippen molar-refractivity contribution in [3.63, 3.8) is 0 Å². The molecule has 40 heavy (non-hydrogen) atoms. The lowest BCUT2D eigenvalue weighted by Crippen LogP contribution is -2.22. The second-order valence-corrected chi connectivity index (χ2v) is 9.87. The number of benzene rings is 3. The quantitative estimate of drug-likeness (QED) is 0.231. The van der Waals surface area contributed by atoms with Crippen molar-refractivity contribution >= 4 is 5.97 Å². The highest BCUT2D eigenvalue weighted by Crippen LogP contribution is 2.45. The summed E-state index contributed by atoms with van der Waals surface area (Å²) in [5.74, 6) is 1.90. The van der Waals surface area contributed by atoms with Crippen LogP contribution in [0.4, 0.5) is 0 Å². The van der Waals surface area contributed by atoms with E-state index < -0.39 is 11.9 Å². The van der Waals surface area contributed by atoms with Crippen LogP contribution in [0.5, 0.6) is 28.7 Å². The van der Waals surface area contributed by atoms with Crippen LogP contribution >= 0.6 is 0 Å². The topological polar surface area (TPSA) is 113 Å². The molecule has 2 N–H and O–H groups in total. The number of nitrogens with two attached hydrogens (primary N) is 1. The molecular formula is C32H34N2O6. The predicted octanol–water partition coefficient (Wildman–Crippen LogP) is 6.02. The fraction of sp³-hybridized carbons (Fsp3) is 0.312. The minimum Gasteiger partial charge on any atom is -0.490 e. The lowest BCUT2D eigenvalue weighted by molar-refractivity contribution is -0.136. The van der Waals surface area contributed by atoms with Crippen molar-refractivity contribution in [3.8, 4) is 34.8 Å². The molecule has 0 aliphatic carbocycles. The Balaban J connectivity index is 1.56. The van der Waals surface area contributed by atoms with Crippen LogP contribution in [-0.4, -0.2) is 25.8 Å². The van der Waals surface area contributed by atoms with Crippen molar-refractivity contribution in [2.45, 2.75) is 40.0 Å². The van der Waals surface area contributed by atoms with Crippen LogP contribution < -0.4 is 29.4 Å². The first-order valence-corrected chi connectivity index (χ1v) is 13.3. The first-order chi connectivity index (χ1) is 19.3. The molecule has 4 rings (SSSR count). The van der Waals surface area contributed by atoms with Gasteiger partial charge in [0.25, 0.3) is 0 Å². The molecule has 3 aromatic rings. The molecule has 0 aromatic heterocycles. The van der Waals surface area contributed by atoms with E-state index in [0.717, 1.165) is 17.5 Å². The first-order valence-electron chi connectivity index (χ1n) is 13.3. The third kappa shape index (κ3) is 6.86. The normalized spacial score (nSPS) is 14.2. The number of ether oxygens (including phenoxy) is 5. The monoisotopic (exact) mass is 542 g/mol. The maximum absolute atomic E-state index is 12.4. The lowest BCUT2D eigenvalue weighted by atomic mass is 9.83. The first kappa shape index (κ1) is 28.4. The SMILES string of the molecule is CCOc1cc(C2C(C#N)=C(N)Oc3cc(OC(=O)COc4ccc(C)cc4)ccc32)ccc1OCCC(C)C. The van der Waals surface area contributed by atoms with Crippen LogP contribution in [0.1, 0.15) is 49.8 Å². The summed E-state index contributed by atoms with van der Waals surface area (Å²) < 4.78 is 28.6. The minimum absolute atomic E-state index is 0.0126. The van der Waals surface area contributed by atoms with E-state index in [1.54, 1.807) is 30.3 Å². The van der Waals surface area contributed by atoms with Gasteiger partial charge in [-0.2, -0.15) is 5.26 Å². The summed E-state index contributed by atoms with van der Waals surface area (Å²) in [7, 11) is 0. The van der Waals surface area contributed by atoms with Crippen molar-refractivity contribution in [1.82, 2.24) is 0 Å². The van der Waals surface area contributed by atoms with Gasteiger partial charge in [-0.1, -0.05) is 43.7 Å². The summed E-state index contributed by atoms with van der Waals surface area (Å²) >= 11 is 0. The summed E-state index contributed by atoms with van der Waals surface area (Å²) in [6, 6.07) is 20.2. The van der Waals surface area contributed by atoms with Crippen molar-refractivity contribution in [2.75, 3.05) is 19.8 Å². The second-order valence-electron chi connectivity index (χ2n) is 9.87. The van der Waals surface area contributed by atoms with Gasteiger partial charge in [-0.05, 0) is 62.1 Å². The van der Waals surface area contributed by atoms with E-state index in [-0.39, 0.29) is 23.8 Å². The van der Waals surface area contributed by atoms with Gasteiger partial charge < -0.3 is 29.4 Å². The zero-order valence-electron chi connectivity index (χ0n) is 23.2. The number of rotatable bonds is 11. The highest BCUT2D eigenvalue weighted by Gasteiger charge is 2.32. The Kier molecular flexibility index (Phi) is 9.18. The van der Waals surface area contributed by atoms with Gasteiger partial charge in [0.1, 0.15) is 28.9 Å². The maximum atomic E-state index is 12.4.